The van der Waals surface area contributed by atoms with Gasteiger partial charge in [0.25, 0.3) is 0 Å². The highest BCUT2D eigenvalue weighted by molar-refractivity contribution is 5.84. The number of rotatable bonds is 9. The lowest BCUT2D eigenvalue weighted by molar-refractivity contribution is -0.123. The summed E-state index contributed by atoms with van der Waals surface area (Å²) < 4.78 is 16.2. The normalized spacial score (nSPS) is 13.5. The van der Waals surface area contributed by atoms with Gasteiger partial charge in [0.15, 0.2) is 11.5 Å². The van der Waals surface area contributed by atoms with E-state index in [9.17, 15) is 4.79 Å². The second-order valence-corrected chi connectivity index (χ2v) is 7.08. The summed E-state index contributed by atoms with van der Waals surface area (Å²) in [5.74, 6) is 1.92. The Balaban J connectivity index is 2.18. The second kappa shape index (κ2) is 9.46. The predicted molar refractivity (Wildman–Crippen MR) is 105 cm³/mol. The number of likely N-dealkylation sites (N-methyl/N-ethyl adjacent to an activating group) is 1. The maximum absolute atomic E-state index is 13.0. The minimum absolute atomic E-state index is 0.0179. The van der Waals surface area contributed by atoms with Crippen LogP contribution in [0.25, 0.3) is 0 Å². The molecular formula is C21H30N2O4. The monoisotopic (exact) mass is 374 g/mol. The Kier molecular flexibility index (Phi) is 7.30. The summed E-state index contributed by atoms with van der Waals surface area (Å²) in [6.45, 7) is 4.55. The molecule has 27 heavy (non-hydrogen) atoms. The molecule has 0 aliphatic carbocycles. The molecule has 1 amide bonds. The predicted octanol–water partition coefficient (Wildman–Crippen LogP) is 3.46. The Morgan fingerprint density at radius 1 is 1.15 bits per heavy atom. The number of nitrogens with one attached hydrogen (secondary N) is 1. The summed E-state index contributed by atoms with van der Waals surface area (Å²) in [6.07, 6.45) is 1.65. The smallest absolute Gasteiger partial charge is 0.227 e. The molecule has 0 saturated carbocycles. The molecule has 6 nitrogen and oxygen atoms in total. The molecule has 0 aliphatic heterocycles. The molecule has 6 heteroatoms. The Morgan fingerprint density at radius 2 is 1.85 bits per heavy atom. The number of nitrogens with zero attached hydrogens (tertiary/aromatic N) is 1. The van der Waals surface area contributed by atoms with Gasteiger partial charge in [0.1, 0.15) is 5.76 Å². The van der Waals surface area contributed by atoms with Crippen molar-refractivity contribution in [2.24, 2.45) is 5.92 Å². The summed E-state index contributed by atoms with van der Waals surface area (Å²) in [7, 11) is 7.12. The number of furan rings is 1. The number of hydrogen-bond acceptors (Lipinski definition) is 5. The van der Waals surface area contributed by atoms with Crippen LogP contribution in [0.2, 0.25) is 0 Å². The maximum atomic E-state index is 13.0. The summed E-state index contributed by atoms with van der Waals surface area (Å²) in [5, 5.41) is 3.09. The van der Waals surface area contributed by atoms with E-state index >= 15 is 0 Å². The average molecular weight is 374 g/mol. The highest BCUT2D eigenvalue weighted by Gasteiger charge is 2.27. The molecule has 2 unspecified atom stereocenters. The maximum Gasteiger partial charge on any atom is 0.227 e. The second-order valence-electron chi connectivity index (χ2n) is 7.08. The number of benzene rings is 1. The fourth-order valence-electron chi connectivity index (χ4n) is 3.21. The Labute approximate surface area is 161 Å². The van der Waals surface area contributed by atoms with Gasteiger partial charge in [-0.25, -0.2) is 0 Å². The van der Waals surface area contributed by atoms with Gasteiger partial charge in [0.2, 0.25) is 5.91 Å². The van der Waals surface area contributed by atoms with E-state index in [2.05, 4.69) is 5.32 Å². The number of ether oxygens (including phenoxy) is 2. The quantitative estimate of drug-likeness (QED) is 0.728. The molecule has 1 aromatic carbocycles. The molecule has 1 aromatic heterocycles. The van der Waals surface area contributed by atoms with Crippen LogP contribution in [0.3, 0.4) is 0 Å². The number of carbonyl (C=O) groups excluding carboxylic acids is 1. The van der Waals surface area contributed by atoms with Crippen LogP contribution in [0.1, 0.15) is 37.1 Å². The van der Waals surface area contributed by atoms with E-state index < -0.39 is 0 Å². The van der Waals surface area contributed by atoms with Gasteiger partial charge in [-0.1, -0.05) is 19.9 Å². The molecule has 0 radical (unpaired) electrons. The van der Waals surface area contributed by atoms with E-state index in [0.717, 1.165) is 11.3 Å². The van der Waals surface area contributed by atoms with Crippen LogP contribution in [0.4, 0.5) is 0 Å². The lowest BCUT2D eigenvalue weighted by atomic mass is 9.87. The van der Waals surface area contributed by atoms with Crippen molar-refractivity contribution in [1.82, 2.24) is 10.2 Å². The first-order valence-corrected chi connectivity index (χ1v) is 9.08. The van der Waals surface area contributed by atoms with E-state index in [1.165, 1.54) is 0 Å². The van der Waals surface area contributed by atoms with Gasteiger partial charge in [0, 0.05) is 6.54 Å². The molecule has 148 valence electrons. The van der Waals surface area contributed by atoms with E-state index in [4.69, 9.17) is 13.9 Å². The number of carbonyl (C=O) groups is 1. The minimum atomic E-state index is -0.288. The van der Waals surface area contributed by atoms with Crippen LogP contribution < -0.4 is 14.8 Å². The molecular weight excluding hydrogens is 344 g/mol. The van der Waals surface area contributed by atoms with E-state index in [1.807, 2.05) is 63.2 Å². The third-order valence-corrected chi connectivity index (χ3v) is 4.68. The van der Waals surface area contributed by atoms with Crippen molar-refractivity contribution in [2.45, 2.75) is 25.8 Å². The van der Waals surface area contributed by atoms with Gasteiger partial charge in [0.05, 0.1) is 32.4 Å². The zero-order valence-electron chi connectivity index (χ0n) is 17.0. The lowest BCUT2D eigenvalue weighted by Gasteiger charge is -2.26. The number of amides is 1. The number of hydrogen-bond donors (Lipinski definition) is 1. The number of methoxy groups -OCH3 is 2. The molecule has 0 aliphatic rings. The average Bonchev–Trinajstić information content (AvgIpc) is 3.15. The lowest BCUT2D eigenvalue weighted by Crippen LogP contribution is -2.38. The Morgan fingerprint density at radius 3 is 2.37 bits per heavy atom. The van der Waals surface area contributed by atoms with Crippen molar-refractivity contribution in [3.63, 3.8) is 0 Å². The van der Waals surface area contributed by atoms with Crippen LogP contribution in [0.5, 0.6) is 11.5 Å². The highest BCUT2D eigenvalue weighted by atomic mass is 16.5. The standard InChI is InChI=1S/C21H30N2O4/c1-14(2)20(15-9-10-18(25-5)19(12-15)26-6)21(24)22-13-16(23(3)4)17-8-7-11-27-17/h7-12,14,16,20H,13H2,1-6H3,(H,22,24). The molecule has 1 heterocycles. The molecule has 0 saturated heterocycles. The molecule has 2 rings (SSSR count). The topological polar surface area (TPSA) is 63.9 Å². The van der Waals surface area contributed by atoms with Gasteiger partial charge in [-0.05, 0) is 49.8 Å². The Hall–Kier alpha value is -2.47. The fraction of sp³-hybridized carbons (Fsp3) is 0.476. The van der Waals surface area contributed by atoms with Gasteiger partial charge in [-0.3, -0.25) is 9.69 Å². The molecule has 0 fully saturated rings. The van der Waals surface area contributed by atoms with Gasteiger partial charge < -0.3 is 19.2 Å². The first-order chi connectivity index (χ1) is 12.9. The van der Waals surface area contributed by atoms with Crippen molar-refractivity contribution in [1.29, 1.82) is 0 Å². The summed E-state index contributed by atoms with van der Waals surface area (Å²) in [5.41, 5.74) is 0.902. The third kappa shape index (κ3) is 5.04. The van der Waals surface area contributed by atoms with Crippen molar-refractivity contribution < 1.29 is 18.7 Å². The molecule has 1 N–H and O–H groups in total. The largest absolute Gasteiger partial charge is 0.493 e. The van der Waals surface area contributed by atoms with Gasteiger partial charge >= 0.3 is 0 Å². The van der Waals surface area contributed by atoms with Crippen molar-refractivity contribution in [3.8, 4) is 11.5 Å². The molecule has 2 aromatic rings. The van der Waals surface area contributed by atoms with Crippen LogP contribution in [-0.4, -0.2) is 45.7 Å². The van der Waals surface area contributed by atoms with Gasteiger partial charge in [-0.15, -0.1) is 0 Å². The Bertz CT molecular complexity index is 726. The molecule has 0 bridgehead atoms. The van der Waals surface area contributed by atoms with Crippen LogP contribution >= 0.6 is 0 Å². The SMILES string of the molecule is COc1ccc(C(C(=O)NCC(c2ccco2)N(C)C)C(C)C)cc1OC. The van der Waals surface area contributed by atoms with E-state index in [0.29, 0.717) is 18.0 Å². The highest BCUT2D eigenvalue weighted by Crippen LogP contribution is 2.33. The van der Waals surface area contributed by atoms with E-state index in [-0.39, 0.29) is 23.8 Å². The fourth-order valence-corrected chi connectivity index (χ4v) is 3.21. The van der Waals surface area contributed by atoms with Gasteiger partial charge in [-0.2, -0.15) is 0 Å². The zero-order valence-corrected chi connectivity index (χ0v) is 17.0. The van der Waals surface area contributed by atoms with Crippen LogP contribution in [-0.2, 0) is 4.79 Å². The van der Waals surface area contributed by atoms with Crippen molar-refractivity contribution >= 4 is 5.91 Å². The van der Waals surface area contributed by atoms with Crippen molar-refractivity contribution in [3.05, 3.63) is 47.9 Å². The summed E-state index contributed by atoms with van der Waals surface area (Å²) >= 11 is 0. The van der Waals surface area contributed by atoms with Crippen LogP contribution in [0.15, 0.2) is 41.0 Å². The van der Waals surface area contributed by atoms with E-state index in [1.54, 1.807) is 20.5 Å². The summed E-state index contributed by atoms with van der Waals surface area (Å²) in [6, 6.07) is 9.38. The first-order valence-electron chi connectivity index (χ1n) is 9.08. The van der Waals surface area contributed by atoms with Crippen LogP contribution in [0, 0.1) is 5.92 Å². The zero-order chi connectivity index (χ0) is 20.0. The summed E-state index contributed by atoms with van der Waals surface area (Å²) in [4.78, 5) is 15.0. The molecule has 0 spiro atoms. The first kappa shape index (κ1) is 20.8. The third-order valence-electron chi connectivity index (χ3n) is 4.68. The van der Waals surface area contributed by atoms with Crippen molar-refractivity contribution in [2.75, 3.05) is 34.9 Å². The molecule has 2 atom stereocenters. The minimum Gasteiger partial charge on any atom is -0.493 e.